The normalized spacial score (nSPS) is 16.1. The number of para-hydroxylation sites is 2. The van der Waals surface area contributed by atoms with Gasteiger partial charge in [0.1, 0.15) is 5.82 Å². The van der Waals surface area contributed by atoms with E-state index in [0.29, 0.717) is 13.0 Å². The Bertz CT molecular complexity index is 1060. The second kappa shape index (κ2) is 12.5. The summed E-state index contributed by atoms with van der Waals surface area (Å²) in [7, 11) is 0. The van der Waals surface area contributed by atoms with Crippen molar-refractivity contribution in [1.29, 1.82) is 0 Å². The zero-order chi connectivity index (χ0) is 23.8. The van der Waals surface area contributed by atoms with Crippen molar-refractivity contribution in [2.45, 2.75) is 90.0 Å². The fraction of sp³-hybridized carbons (Fsp3) is 0.517. The topological polar surface area (TPSA) is 38.1 Å². The lowest BCUT2D eigenvalue weighted by atomic mass is 10.1. The van der Waals surface area contributed by atoms with E-state index in [1.807, 2.05) is 29.2 Å². The molecule has 34 heavy (non-hydrogen) atoms. The summed E-state index contributed by atoms with van der Waals surface area (Å²) < 4.78 is 3.42. The highest BCUT2D eigenvalue weighted by molar-refractivity contribution is 9.10. The monoisotopic (exact) mass is 523 g/mol. The molecule has 1 fully saturated rings. The molecule has 1 amide bonds. The van der Waals surface area contributed by atoms with Gasteiger partial charge in [0.05, 0.1) is 11.0 Å². The molecule has 4 rings (SSSR count). The van der Waals surface area contributed by atoms with Crippen LogP contribution in [0.25, 0.3) is 11.0 Å². The van der Waals surface area contributed by atoms with E-state index in [2.05, 4.69) is 51.7 Å². The van der Waals surface area contributed by atoms with Crippen LogP contribution in [0.5, 0.6) is 0 Å². The minimum atomic E-state index is 0.131. The fourth-order valence-electron chi connectivity index (χ4n) is 5.15. The number of imidazole rings is 1. The largest absolute Gasteiger partial charge is 0.328 e. The van der Waals surface area contributed by atoms with E-state index in [9.17, 15) is 4.79 Å². The number of hydrogen-bond donors (Lipinski definition) is 0. The van der Waals surface area contributed by atoms with Gasteiger partial charge in [0, 0.05) is 35.6 Å². The van der Waals surface area contributed by atoms with Crippen molar-refractivity contribution in [3.63, 3.8) is 0 Å². The predicted molar refractivity (Wildman–Crippen MR) is 145 cm³/mol. The Morgan fingerprint density at radius 2 is 1.53 bits per heavy atom. The summed E-state index contributed by atoms with van der Waals surface area (Å²) in [6.07, 6.45) is 13.9. The Hall–Kier alpha value is -2.14. The van der Waals surface area contributed by atoms with E-state index >= 15 is 0 Å². The molecule has 4 nitrogen and oxygen atoms in total. The van der Waals surface area contributed by atoms with Gasteiger partial charge in [-0.05, 0) is 42.8 Å². The van der Waals surface area contributed by atoms with Crippen LogP contribution in [-0.2, 0) is 11.3 Å². The number of aromatic nitrogens is 2. The molecule has 0 N–H and O–H groups in total. The van der Waals surface area contributed by atoms with Gasteiger partial charge in [-0.15, -0.1) is 0 Å². The number of rotatable bonds is 13. The molecule has 1 unspecified atom stereocenters. The summed E-state index contributed by atoms with van der Waals surface area (Å²) in [6.45, 7) is 3.95. The second-order valence-corrected chi connectivity index (χ2v) is 10.6. The molecule has 0 aliphatic carbocycles. The Balaban J connectivity index is 1.36. The lowest BCUT2D eigenvalue weighted by molar-refractivity contribution is -0.117. The summed E-state index contributed by atoms with van der Waals surface area (Å²) in [5, 5.41) is 0. The first kappa shape index (κ1) is 25.0. The van der Waals surface area contributed by atoms with E-state index < -0.39 is 0 Å². The molecule has 1 atom stereocenters. The first-order valence-electron chi connectivity index (χ1n) is 13.2. The fourth-order valence-corrected chi connectivity index (χ4v) is 5.41. The molecular formula is C29H38BrN3O. The molecule has 0 saturated carbocycles. The van der Waals surface area contributed by atoms with Gasteiger partial charge >= 0.3 is 0 Å². The summed E-state index contributed by atoms with van der Waals surface area (Å²) in [5.74, 6) is 1.39. The number of carbonyl (C=O) groups excluding carboxylic acids is 1. The summed E-state index contributed by atoms with van der Waals surface area (Å²) in [4.78, 5) is 19.8. The van der Waals surface area contributed by atoms with Crippen LogP contribution in [0.1, 0.15) is 89.3 Å². The first-order valence-corrected chi connectivity index (χ1v) is 14.0. The van der Waals surface area contributed by atoms with Gasteiger partial charge in [-0.2, -0.15) is 0 Å². The van der Waals surface area contributed by atoms with E-state index in [1.54, 1.807) is 0 Å². The molecule has 2 heterocycles. The van der Waals surface area contributed by atoms with Crippen molar-refractivity contribution in [2.75, 3.05) is 11.4 Å². The molecule has 0 spiro atoms. The Morgan fingerprint density at radius 3 is 2.24 bits per heavy atom. The number of unbranched alkanes of at least 4 members (excludes halogenated alkanes) is 9. The van der Waals surface area contributed by atoms with Crippen LogP contribution in [0.2, 0.25) is 0 Å². The Morgan fingerprint density at radius 1 is 0.882 bits per heavy atom. The highest BCUT2D eigenvalue weighted by Crippen LogP contribution is 2.34. The predicted octanol–water partition coefficient (Wildman–Crippen LogP) is 8.24. The van der Waals surface area contributed by atoms with Crippen LogP contribution < -0.4 is 4.90 Å². The summed E-state index contributed by atoms with van der Waals surface area (Å²) >= 11 is 3.49. The highest BCUT2D eigenvalue weighted by atomic mass is 79.9. The molecule has 0 radical (unpaired) electrons. The maximum Gasteiger partial charge on any atom is 0.227 e. The van der Waals surface area contributed by atoms with Crippen molar-refractivity contribution in [3.8, 4) is 0 Å². The van der Waals surface area contributed by atoms with Crippen molar-refractivity contribution in [3.05, 3.63) is 58.8 Å². The molecule has 0 bridgehead atoms. The molecule has 182 valence electrons. The number of amides is 1. The maximum absolute atomic E-state index is 12.9. The van der Waals surface area contributed by atoms with Crippen LogP contribution in [0.15, 0.2) is 53.0 Å². The molecular weight excluding hydrogens is 486 g/mol. The maximum atomic E-state index is 12.9. The zero-order valence-corrected chi connectivity index (χ0v) is 22.1. The van der Waals surface area contributed by atoms with Crippen molar-refractivity contribution >= 4 is 38.6 Å². The number of anilines is 1. The summed E-state index contributed by atoms with van der Waals surface area (Å²) in [5.41, 5.74) is 3.20. The molecule has 1 aromatic heterocycles. The van der Waals surface area contributed by atoms with Crippen molar-refractivity contribution < 1.29 is 4.79 Å². The van der Waals surface area contributed by atoms with Crippen LogP contribution in [0.4, 0.5) is 5.69 Å². The molecule has 2 aromatic carbocycles. The SMILES string of the molecule is CCCCCCCCCCCCn1c(C2CC(=O)N(c3ccc(Br)cc3)C2)nc2ccccc21. The third-order valence-corrected chi connectivity index (χ3v) is 7.58. The Kier molecular flexibility index (Phi) is 9.20. The third-order valence-electron chi connectivity index (χ3n) is 7.05. The smallest absolute Gasteiger partial charge is 0.227 e. The van der Waals surface area contributed by atoms with Crippen molar-refractivity contribution in [1.82, 2.24) is 9.55 Å². The van der Waals surface area contributed by atoms with Crippen LogP contribution >= 0.6 is 15.9 Å². The number of benzene rings is 2. The van der Waals surface area contributed by atoms with Gasteiger partial charge in [-0.1, -0.05) is 92.8 Å². The average molecular weight is 525 g/mol. The third kappa shape index (κ3) is 6.29. The number of fused-ring (bicyclic) bond motifs is 1. The number of aryl methyl sites for hydroxylation is 1. The average Bonchev–Trinajstić information content (AvgIpc) is 3.41. The van der Waals surface area contributed by atoms with E-state index in [0.717, 1.165) is 28.0 Å². The van der Waals surface area contributed by atoms with Crippen molar-refractivity contribution in [2.24, 2.45) is 0 Å². The van der Waals surface area contributed by atoms with Gasteiger partial charge in [-0.3, -0.25) is 4.79 Å². The quantitative estimate of drug-likeness (QED) is 0.211. The summed E-state index contributed by atoms with van der Waals surface area (Å²) in [6, 6.07) is 16.4. The lowest BCUT2D eigenvalue weighted by Crippen LogP contribution is -2.24. The van der Waals surface area contributed by atoms with Gasteiger partial charge < -0.3 is 9.47 Å². The van der Waals surface area contributed by atoms with E-state index in [4.69, 9.17) is 4.98 Å². The highest BCUT2D eigenvalue weighted by Gasteiger charge is 2.34. The van der Waals surface area contributed by atoms with Gasteiger partial charge in [0.25, 0.3) is 0 Å². The molecule has 5 heteroatoms. The zero-order valence-electron chi connectivity index (χ0n) is 20.5. The first-order chi connectivity index (χ1) is 16.7. The number of halogens is 1. The minimum absolute atomic E-state index is 0.131. The number of carbonyl (C=O) groups is 1. The minimum Gasteiger partial charge on any atom is -0.328 e. The molecule has 3 aromatic rings. The van der Waals surface area contributed by atoms with E-state index in [-0.39, 0.29) is 11.8 Å². The van der Waals surface area contributed by atoms with E-state index in [1.165, 1.54) is 69.7 Å². The standard InChI is InChI=1S/C29H38BrN3O/c1-2-3-4-5-6-7-8-9-10-13-20-32-27-15-12-11-14-26(27)31-29(32)23-21-28(34)33(22-23)25-18-16-24(30)17-19-25/h11-12,14-19,23H,2-10,13,20-22H2,1H3. The van der Waals surface area contributed by atoms with Crippen LogP contribution in [0.3, 0.4) is 0 Å². The molecule has 1 aliphatic heterocycles. The molecule has 1 saturated heterocycles. The van der Waals surface area contributed by atoms with Gasteiger partial charge in [0.2, 0.25) is 5.91 Å². The van der Waals surface area contributed by atoms with Gasteiger partial charge in [0.15, 0.2) is 0 Å². The Labute approximate surface area is 212 Å². The van der Waals surface area contributed by atoms with Gasteiger partial charge in [-0.25, -0.2) is 4.98 Å². The van der Waals surface area contributed by atoms with Crippen LogP contribution in [0, 0.1) is 0 Å². The molecule has 1 aliphatic rings. The van der Waals surface area contributed by atoms with Crippen LogP contribution in [-0.4, -0.2) is 22.0 Å². The lowest BCUT2D eigenvalue weighted by Gasteiger charge is -2.17. The number of hydrogen-bond acceptors (Lipinski definition) is 2. The number of nitrogens with zero attached hydrogens (tertiary/aromatic N) is 3. The second-order valence-electron chi connectivity index (χ2n) is 9.67.